The van der Waals surface area contributed by atoms with Gasteiger partial charge in [-0.15, -0.1) is 0 Å². The van der Waals surface area contributed by atoms with Gasteiger partial charge in [0.25, 0.3) is 5.56 Å². The molecule has 1 aromatic heterocycles. The molecule has 0 unspecified atom stereocenters. The molecule has 0 atom stereocenters. The van der Waals surface area contributed by atoms with E-state index in [1.807, 2.05) is 25.1 Å². The maximum atomic E-state index is 12.2. The Bertz CT molecular complexity index is 774. The average Bonchev–Trinajstić information content (AvgIpc) is 2.67. The van der Waals surface area contributed by atoms with Crippen LogP contribution in [0.2, 0.25) is 0 Å². The van der Waals surface area contributed by atoms with Gasteiger partial charge < -0.3 is 4.74 Å². The standard InChI is InChI=1S/C16H18N2O3/c1-2-21-10-18-14-12-8-4-3-6-11(12)7-5-9-13(14)15(19)17-16(18)20/h3-4,6,8H,2,5,7,9-10H2,1H3,(H,17,19,20). The highest BCUT2D eigenvalue weighted by atomic mass is 16.5. The van der Waals surface area contributed by atoms with Crippen LogP contribution in [-0.4, -0.2) is 16.2 Å². The first kappa shape index (κ1) is 13.8. The molecule has 0 aliphatic heterocycles. The van der Waals surface area contributed by atoms with Gasteiger partial charge in [-0.2, -0.15) is 0 Å². The molecule has 0 fully saturated rings. The van der Waals surface area contributed by atoms with Crippen molar-refractivity contribution in [3.63, 3.8) is 0 Å². The molecular weight excluding hydrogens is 268 g/mol. The summed E-state index contributed by atoms with van der Waals surface area (Å²) in [5, 5.41) is 0. The third-order valence-electron chi connectivity index (χ3n) is 3.87. The second-order valence-electron chi connectivity index (χ2n) is 5.15. The molecular formula is C16H18N2O3. The Kier molecular flexibility index (Phi) is 3.75. The summed E-state index contributed by atoms with van der Waals surface area (Å²) in [6.07, 6.45) is 2.48. The van der Waals surface area contributed by atoms with Gasteiger partial charge in [0.1, 0.15) is 6.73 Å². The molecule has 5 nitrogen and oxygen atoms in total. The first-order chi connectivity index (χ1) is 10.2. The molecule has 1 heterocycles. The Labute approximate surface area is 122 Å². The Hall–Kier alpha value is -2.14. The van der Waals surface area contributed by atoms with Crippen LogP contribution in [0.5, 0.6) is 0 Å². The molecule has 1 aromatic carbocycles. The SMILES string of the molecule is CCOCn1c2c(c(=O)[nH]c1=O)CCCc1ccccc1-2. The third-order valence-corrected chi connectivity index (χ3v) is 3.87. The molecule has 2 aromatic rings. The van der Waals surface area contributed by atoms with Crippen LogP contribution in [0.25, 0.3) is 11.3 Å². The quantitative estimate of drug-likeness (QED) is 0.933. The molecule has 0 bridgehead atoms. The fourth-order valence-corrected chi connectivity index (χ4v) is 2.88. The zero-order valence-electron chi connectivity index (χ0n) is 12.0. The molecule has 0 radical (unpaired) electrons. The second-order valence-corrected chi connectivity index (χ2v) is 5.15. The summed E-state index contributed by atoms with van der Waals surface area (Å²) in [6.45, 7) is 2.55. The molecule has 0 spiro atoms. The van der Waals surface area contributed by atoms with Gasteiger partial charge in [0.15, 0.2) is 0 Å². The molecule has 5 heteroatoms. The van der Waals surface area contributed by atoms with Crippen LogP contribution in [0, 0.1) is 0 Å². The highest BCUT2D eigenvalue weighted by Gasteiger charge is 2.21. The van der Waals surface area contributed by atoms with Crippen molar-refractivity contribution >= 4 is 0 Å². The number of benzene rings is 1. The van der Waals surface area contributed by atoms with E-state index in [2.05, 4.69) is 11.1 Å². The van der Waals surface area contributed by atoms with Crippen LogP contribution in [0.1, 0.15) is 24.5 Å². The number of aryl methyl sites for hydroxylation is 1. The van der Waals surface area contributed by atoms with Crippen molar-refractivity contribution in [1.29, 1.82) is 0 Å². The van der Waals surface area contributed by atoms with Crippen LogP contribution >= 0.6 is 0 Å². The lowest BCUT2D eigenvalue weighted by Gasteiger charge is -2.16. The van der Waals surface area contributed by atoms with E-state index in [4.69, 9.17) is 4.74 Å². The molecule has 21 heavy (non-hydrogen) atoms. The van der Waals surface area contributed by atoms with Crippen LogP contribution in [0.15, 0.2) is 33.9 Å². The van der Waals surface area contributed by atoms with Crippen molar-refractivity contribution < 1.29 is 4.74 Å². The summed E-state index contributed by atoms with van der Waals surface area (Å²) in [7, 11) is 0. The van der Waals surface area contributed by atoms with Crippen LogP contribution in [0.4, 0.5) is 0 Å². The molecule has 0 saturated heterocycles. The number of ether oxygens (including phenoxy) is 1. The van der Waals surface area contributed by atoms with Gasteiger partial charge in [0.2, 0.25) is 0 Å². The number of hydrogen-bond acceptors (Lipinski definition) is 3. The van der Waals surface area contributed by atoms with Crippen molar-refractivity contribution in [2.24, 2.45) is 0 Å². The van der Waals surface area contributed by atoms with Crippen LogP contribution in [0.3, 0.4) is 0 Å². The Morgan fingerprint density at radius 3 is 2.86 bits per heavy atom. The van der Waals surface area contributed by atoms with Crippen molar-refractivity contribution in [2.75, 3.05) is 6.61 Å². The third kappa shape index (κ3) is 2.45. The van der Waals surface area contributed by atoms with E-state index in [0.29, 0.717) is 24.3 Å². The summed E-state index contributed by atoms with van der Waals surface area (Å²) in [4.78, 5) is 26.7. The minimum atomic E-state index is -0.413. The Morgan fingerprint density at radius 2 is 2.05 bits per heavy atom. The van der Waals surface area contributed by atoms with Gasteiger partial charge >= 0.3 is 5.69 Å². The lowest BCUT2D eigenvalue weighted by molar-refractivity contribution is 0.0853. The van der Waals surface area contributed by atoms with E-state index in [9.17, 15) is 9.59 Å². The highest BCUT2D eigenvalue weighted by molar-refractivity contribution is 5.68. The smallest absolute Gasteiger partial charge is 0.330 e. The first-order valence-electron chi connectivity index (χ1n) is 7.24. The van der Waals surface area contributed by atoms with Gasteiger partial charge in [0.05, 0.1) is 5.69 Å². The van der Waals surface area contributed by atoms with E-state index < -0.39 is 5.69 Å². The lowest BCUT2D eigenvalue weighted by Crippen LogP contribution is -2.34. The number of nitrogens with zero attached hydrogens (tertiary/aromatic N) is 1. The topological polar surface area (TPSA) is 64.1 Å². The van der Waals surface area contributed by atoms with Gasteiger partial charge in [-0.05, 0) is 31.7 Å². The Morgan fingerprint density at radius 1 is 1.24 bits per heavy atom. The van der Waals surface area contributed by atoms with Crippen molar-refractivity contribution in [1.82, 2.24) is 9.55 Å². The van der Waals surface area contributed by atoms with E-state index in [1.54, 1.807) is 0 Å². The first-order valence-corrected chi connectivity index (χ1v) is 7.24. The summed E-state index contributed by atoms with van der Waals surface area (Å²) in [5.74, 6) is 0. The number of hydrogen-bond donors (Lipinski definition) is 1. The summed E-state index contributed by atoms with van der Waals surface area (Å²) >= 11 is 0. The number of fused-ring (bicyclic) bond motifs is 3. The maximum Gasteiger partial charge on any atom is 0.330 e. The van der Waals surface area contributed by atoms with Crippen LogP contribution in [-0.2, 0) is 24.3 Å². The summed E-state index contributed by atoms with van der Waals surface area (Å²) in [5.41, 5.74) is 2.84. The summed E-state index contributed by atoms with van der Waals surface area (Å²) < 4.78 is 6.94. The van der Waals surface area contributed by atoms with Gasteiger partial charge in [-0.1, -0.05) is 24.3 Å². The van der Waals surface area contributed by atoms with E-state index in [1.165, 1.54) is 10.1 Å². The summed E-state index contributed by atoms with van der Waals surface area (Å²) in [6, 6.07) is 7.95. The fraction of sp³-hybridized carbons (Fsp3) is 0.375. The van der Waals surface area contributed by atoms with Crippen molar-refractivity contribution in [3.05, 3.63) is 56.2 Å². The molecule has 1 aliphatic carbocycles. The highest BCUT2D eigenvalue weighted by Crippen LogP contribution is 2.29. The maximum absolute atomic E-state index is 12.2. The average molecular weight is 286 g/mol. The van der Waals surface area contributed by atoms with Gasteiger partial charge in [-0.25, -0.2) is 4.79 Å². The molecule has 0 saturated carbocycles. The Balaban J connectivity index is 2.32. The molecule has 3 rings (SSSR count). The predicted octanol–water partition coefficient (Wildman–Crippen LogP) is 1.69. The van der Waals surface area contributed by atoms with Gasteiger partial charge in [0, 0.05) is 17.7 Å². The van der Waals surface area contributed by atoms with E-state index >= 15 is 0 Å². The molecule has 1 aliphatic rings. The molecule has 0 amide bonds. The number of rotatable bonds is 3. The number of aromatic nitrogens is 2. The van der Waals surface area contributed by atoms with E-state index in [-0.39, 0.29) is 12.3 Å². The lowest BCUT2D eigenvalue weighted by atomic mass is 10.0. The minimum Gasteiger partial charge on any atom is -0.361 e. The monoisotopic (exact) mass is 286 g/mol. The molecule has 1 N–H and O–H groups in total. The zero-order chi connectivity index (χ0) is 14.8. The van der Waals surface area contributed by atoms with E-state index in [0.717, 1.165) is 18.4 Å². The number of aromatic amines is 1. The van der Waals surface area contributed by atoms with Gasteiger partial charge in [-0.3, -0.25) is 14.3 Å². The number of H-pyrrole nitrogens is 1. The second kappa shape index (κ2) is 5.69. The van der Waals surface area contributed by atoms with Crippen molar-refractivity contribution in [2.45, 2.75) is 32.9 Å². The normalized spacial score (nSPS) is 13.4. The molecule has 110 valence electrons. The number of nitrogens with one attached hydrogen (secondary N) is 1. The fourth-order valence-electron chi connectivity index (χ4n) is 2.88. The predicted molar refractivity (Wildman–Crippen MR) is 80.4 cm³/mol. The minimum absolute atomic E-state index is 0.156. The largest absolute Gasteiger partial charge is 0.361 e. The van der Waals surface area contributed by atoms with Crippen LogP contribution < -0.4 is 11.2 Å². The zero-order valence-corrected chi connectivity index (χ0v) is 12.0. The van der Waals surface area contributed by atoms with Crippen molar-refractivity contribution in [3.8, 4) is 11.3 Å².